The number of aliphatic hydroxyl groups is 1. The molecule has 0 aromatic heterocycles. The number of aryl methyl sites for hydroxylation is 1. The van der Waals surface area contributed by atoms with Crippen LogP contribution < -0.4 is 5.32 Å². The topological polar surface area (TPSA) is 32.3 Å². The standard InChI is InChI=1S/C12H18FNO/c1-10-4-5-12(13)8-11(10)9-14-6-2-3-7-15/h4-5,8,14-15H,2-3,6-7,9H2,1H3. The lowest BCUT2D eigenvalue weighted by Crippen LogP contribution is -2.15. The van der Waals surface area contributed by atoms with Crippen LogP contribution >= 0.6 is 0 Å². The van der Waals surface area contributed by atoms with E-state index >= 15 is 0 Å². The Bertz CT molecular complexity index is 302. The number of hydrogen-bond acceptors (Lipinski definition) is 2. The van der Waals surface area contributed by atoms with E-state index in [2.05, 4.69) is 5.32 Å². The fraction of sp³-hybridized carbons (Fsp3) is 0.500. The highest BCUT2D eigenvalue weighted by Crippen LogP contribution is 2.09. The summed E-state index contributed by atoms with van der Waals surface area (Å²) in [6, 6.07) is 4.83. The van der Waals surface area contributed by atoms with E-state index in [0.29, 0.717) is 6.54 Å². The zero-order chi connectivity index (χ0) is 11.1. The van der Waals surface area contributed by atoms with Crippen molar-refractivity contribution in [2.24, 2.45) is 0 Å². The third-order valence-electron chi connectivity index (χ3n) is 2.39. The van der Waals surface area contributed by atoms with Crippen LogP contribution in [0.25, 0.3) is 0 Å². The Hall–Kier alpha value is -0.930. The third kappa shape index (κ3) is 4.40. The van der Waals surface area contributed by atoms with Gasteiger partial charge in [0.2, 0.25) is 0 Å². The van der Waals surface area contributed by atoms with Crippen molar-refractivity contribution in [2.45, 2.75) is 26.3 Å². The number of benzene rings is 1. The summed E-state index contributed by atoms with van der Waals surface area (Å²) in [4.78, 5) is 0. The molecule has 0 aliphatic rings. The van der Waals surface area contributed by atoms with Crippen LogP contribution in [0.5, 0.6) is 0 Å². The Morgan fingerprint density at radius 3 is 2.87 bits per heavy atom. The van der Waals surface area contributed by atoms with Gasteiger partial charge in [-0.1, -0.05) is 6.07 Å². The molecule has 0 bridgehead atoms. The van der Waals surface area contributed by atoms with Gasteiger partial charge in [-0.2, -0.15) is 0 Å². The molecule has 0 radical (unpaired) electrons. The van der Waals surface area contributed by atoms with Crippen molar-refractivity contribution < 1.29 is 9.50 Å². The van der Waals surface area contributed by atoms with Crippen LogP contribution in [0.2, 0.25) is 0 Å². The molecule has 2 N–H and O–H groups in total. The zero-order valence-corrected chi connectivity index (χ0v) is 9.09. The molecule has 15 heavy (non-hydrogen) atoms. The zero-order valence-electron chi connectivity index (χ0n) is 9.09. The maximum Gasteiger partial charge on any atom is 0.123 e. The number of unbranched alkanes of at least 4 members (excludes halogenated alkanes) is 1. The number of rotatable bonds is 6. The van der Waals surface area contributed by atoms with E-state index in [1.807, 2.05) is 6.92 Å². The molecule has 0 fully saturated rings. The van der Waals surface area contributed by atoms with Crippen LogP contribution in [0.1, 0.15) is 24.0 Å². The Kier molecular flexibility index (Phi) is 5.29. The number of halogens is 1. The number of aliphatic hydroxyl groups excluding tert-OH is 1. The van der Waals surface area contributed by atoms with E-state index in [1.54, 1.807) is 12.1 Å². The highest BCUT2D eigenvalue weighted by atomic mass is 19.1. The van der Waals surface area contributed by atoms with Gasteiger partial charge in [0, 0.05) is 13.2 Å². The predicted molar refractivity (Wildman–Crippen MR) is 59.2 cm³/mol. The summed E-state index contributed by atoms with van der Waals surface area (Å²) in [5.41, 5.74) is 2.10. The smallest absolute Gasteiger partial charge is 0.123 e. The second-order valence-corrected chi connectivity index (χ2v) is 3.68. The average molecular weight is 211 g/mol. The minimum absolute atomic E-state index is 0.187. The molecule has 0 atom stereocenters. The van der Waals surface area contributed by atoms with Crippen molar-refractivity contribution in [3.63, 3.8) is 0 Å². The summed E-state index contributed by atoms with van der Waals surface area (Å²) in [6.07, 6.45) is 1.76. The SMILES string of the molecule is Cc1ccc(F)cc1CNCCCCO. The Balaban J connectivity index is 2.33. The van der Waals surface area contributed by atoms with Gasteiger partial charge in [-0.05, 0) is 49.6 Å². The summed E-state index contributed by atoms with van der Waals surface area (Å²) >= 11 is 0. The van der Waals surface area contributed by atoms with Crippen LogP contribution in [0.4, 0.5) is 4.39 Å². The van der Waals surface area contributed by atoms with Crippen LogP contribution in [0.3, 0.4) is 0 Å². The fourth-order valence-corrected chi connectivity index (χ4v) is 1.42. The van der Waals surface area contributed by atoms with Gasteiger partial charge in [-0.3, -0.25) is 0 Å². The van der Waals surface area contributed by atoms with Crippen LogP contribution in [0, 0.1) is 12.7 Å². The molecule has 0 aliphatic heterocycles. The maximum atomic E-state index is 12.9. The second kappa shape index (κ2) is 6.53. The lowest BCUT2D eigenvalue weighted by atomic mass is 10.1. The summed E-state index contributed by atoms with van der Waals surface area (Å²) in [5, 5.41) is 11.8. The van der Waals surface area contributed by atoms with Crippen molar-refractivity contribution in [2.75, 3.05) is 13.2 Å². The summed E-state index contributed by atoms with van der Waals surface area (Å²) < 4.78 is 12.9. The van der Waals surface area contributed by atoms with Gasteiger partial charge in [0.25, 0.3) is 0 Å². The monoisotopic (exact) mass is 211 g/mol. The molecule has 0 saturated carbocycles. The van der Waals surface area contributed by atoms with Crippen molar-refractivity contribution >= 4 is 0 Å². The molecule has 2 nitrogen and oxygen atoms in total. The van der Waals surface area contributed by atoms with Gasteiger partial charge in [0.1, 0.15) is 5.82 Å². The third-order valence-corrected chi connectivity index (χ3v) is 2.39. The van der Waals surface area contributed by atoms with E-state index in [1.165, 1.54) is 6.07 Å². The van der Waals surface area contributed by atoms with E-state index in [9.17, 15) is 4.39 Å². The highest BCUT2D eigenvalue weighted by molar-refractivity contribution is 5.26. The molecule has 0 heterocycles. The Morgan fingerprint density at radius 1 is 1.33 bits per heavy atom. The maximum absolute atomic E-state index is 12.9. The van der Waals surface area contributed by atoms with Crippen LogP contribution in [0.15, 0.2) is 18.2 Å². The summed E-state index contributed by atoms with van der Waals surface area (Å²) in [7, 11) is 0. The van der Waals surface area contributed by atoms with Crippen molar-refractivity contribution in [1.29, 1.82) is 0 Å². The van der Waals surface area contributed by atoms with Gasteiger partial charge in [-0.25, -0.2) is 4.39 Å². The molecular weight excluding hydrogens is 193 g/mol. The molecule has 84 valence electrons. The summed E-state index contributed by atoms with van der Waals surface area (Å²) in [5.74, 6) is -0.187. The molecule has 0 unspecified atom stereocenters. The number of nitrogens with one attached hydrogen (secondary N) is 1. The van der Waals surface area contributed by atoms with Crippen LogP contribution in [-0.2, 0) is 6.54 Å². The molecule has 0 saturated heterocycles. The van der Waals surface area contributed by atoms with Crippen molar-refractivity contribution in [3.05, 3.63) is 35.1 Å². The highest BCUT2D eigenvalue weighted by Gasteiger charge is 1.99. The van der Waals surface area contributed by atoms with Crippen LogP contribution in [-0.4, -0.2) is 18.3 Å². The van der Waals surface area contributed by atoms with E-state index in [0.717, 1.165) is 30.5 Å². The fourth-order valence-electron chi connectivity index (χ4n) is 1.42. The molecule has 0 aliphatic carbocycles. The first-order chi connectivity index (χ1) is 7.24. The van der Waals surface area contributed by atoms with E-state index in [-0.39, 0.29) is 12.4 Å². The normalized spacial score (nSPS) is 10.6. The molecule has 0 spiro atoms. The Morgan fingerprint density at radius 2 is 2.13 bits per heavy atom. The average Bonchev–Trinajstić information content (AvgIpc) is 2.23. The molecule has 1 aromatic rings. The molecule has 1 rings (SSSR count). The van der Waals surface area contributed by atoms with E-state index < -0.39 is 0 Å². The van der Waals surface area contributed by atoms with Gasteiger partial charge in [0.05, 0.1) is 0 Å². The largest absolute Gasteiger partial charge is 0.396 e. The lowest BCUT2D eigenvalue weighted by molar-refractivity contribution is 0.283. The van der Waals surface area contributed by atoms with Gasteiger partial charge in [-0.15, -0.1) is 0 Å². The minimum atomic E-state index is -0.187. The molecule has 1 aromatic carbocycles. The first-order valence-corrected chi connectivity index (χ1v) is 5.30. The van der Waals surface area contributed by atoms with Gasteiger partial charge >= 0.3 is 0 Å². The first kappa shape index (κ1) is 12.1. The lowest BCUT2D eigenvalue weighted by Gasteiger charge is -2.07. The van der Waals surface area contributed by atoms with Crippen molar-refractivity contribution in [3.8, 4) is 0 Å². The predicted octanol–water partition coefficient (Wildman–Crippen LogP) is 2.00. The van der Waals surface area contributed by atoms with Gasteiger partial charge in [0.15, 0.2) is 0 Å². The van der Waals surface area contributed by atoms with Gasteiger partial charge < -0.3 is 10.4 Å². The quantitative estimate of drug-likeness (QED) is 0.705. The minimum Gasteiger partial charge on any atom is -0.396 e. The molecule has 3 heteroatoms. The first-order valence-electron chi connectivity index (χ1n) is 5.30. The van der Waals surface area contributed by atoms with E-state index in [4.69, 9.17) is 5.11 Å². The summed E-state index contributed by atoms with van der Waals surface area (Å²) in [6.45, 7) is 3.76. The van der Waals surface area contributed by atoms with Crippen molar-refractivity contribution in [1.82, 2.24) is 5.32 Å². The Labute approximate surface area is 90.1 Å². The second-order valence-electron chi connectivity index (χ2n) is 3.68. The molecular formula is C12H18FNO. The number of hydrogen-bond donors (Lipinski definition) is 2. The molecule has 0 amide bonds.